The third kappa shape index (κ3) is 5.09. The van der Waals surface area contributed by atoms with E-state index in [1.54, 1.807) is 13.2 Å². The minimum Gasteiger partial charge on any atom is -0.497 e. The van der Waals surface area contributed by atoms with E-state index >= 15 is 0 Å². The van der Waals surface area contributed by atoms with Gasteiger partial charge in [0.2, 0.25) is 0 Å². The van der Waals surface area contributed by atoms with Gasteiger partial charge in [0, 0.05) is 23.2 Å². The molecule has 0 unspecified atom stereocenters. The molecule has 2 heterocycles. The maximum absolute atomic E-state index is 12.8. The monoisotopic (exact) mass is 439 g/mol. The highest BCUT2D eigenvalue weighted by molar-refractivity contribution is 6.31. The second kappa shape index (κ2) is 9.98. The van der Waals surface area contributed by atoms with Crippen LogP contribution < -0.4 is 10.1 Å². The highest BCUT2D eigenvalue weighted by Gasteiger charge is 2.25. The van der Waals surface area contributed by atoms with Gasteiger partial charge in [-0.15, -0.1) is 0 Å². The van der Waals surface area contributed by atoms with E-state index in [4.69, 9.17) is 20.9 Å². The number of amides is 1. The lowest BCUT2D eigenvalue weighted by Gasteiger charge is -2.35. The Labute approximate surface area is 187 Å². The summed E-state index contributed by atoms with van der Waals surface area (Å²) in [7, 11) is 1.62. The number of carbonyl (C=O) groups is 1. The van der Waals surface area contributed by atoms with E-state index in [0.717, 1.165) is 47.8 Å². The van der Waals surface area contributed by atoms with E-state index in [-0.39, 0.29) is 17.6 Å². The zero-order valence-electron chi connectivity index (χ0n) is 17.5. The maximum Gasteiger partial charge on any atom is 0.273 e. The predicted octanol–water partition coefficient (Wildman–Crippen LogP) is 4.96. The fourth-order valence-corrected chi connectivity index (χ4v) is 4.23. The Morgan fingerprint density at radius 2 is 1.90 bits per heavy atom. The van der Waals surface area contributed by atoms with Gasteiger partial charge in [0.05, 0.1) is 13.2 Å². The van der Waals surface area contributed by atoms with Crippen molar-refractivity contribution in [2.75, 3.05) is 26.7 Å². The molecule has 0 spiro atoms. The first-order chi connectivity index (χ1) is 15.2. The zero-order valence-corrected chi connectivity index (χ0v) is 18.3. The number of hydrogen-bond donors (Lipinski definition) is 1. The summed E-state index contributed by atoms with van der Waals surface area (Å²) in [6, 6.07) is 16.9. The number of nitrogens with one attached hydrogen (secondary N) is 1. The number of benzene rings is 2. The maximum atomic E-state index is 12.8. The fraction of sp³-hybridized carbons (Fsp3) is 0.333. The fourth-order valence-electron chi connectivity index (χ4n) is 3.96. The number of piperidine rings is 1. The molecule has 1 aromatic heterocycles. The number of aromatic nitrogens is 1. The molecule has 1 fully saturated rings. The van der Waals surface area contributed by atoms with Crippen molar-refractivity contribution in [3.8, 4) is 17.1 Å². The lowest BCUT2D eigenvalue weighted by Crippen LogP contribution is -2.40. The summed E-state index contributed by atoms with van der Waals surface area (Å²) in [5.74, 6) is 1.02. The van der Waals surface area contributed by atoms with Crippen molar-refractivity contribution in [1.29, 1.82) is 0 Å². The summed E-state index contributed by atoms with van der Waals surface area (Å²) < 4.78 is 10.6. The molecule has 0 radical (unpaired) electrons. The van der Waals surface area contributed by atoms with Crippen LogP contribution >= 0.6 is 11.6 Å². The molecule has 2 aromatic carbocycles. The number of hydrogen-bond acceptors (Lipinski definition) is 5. The zero-order chi connectivity index (χ0) is 21.6. The molecule has 0 bridgehead atoms. The molecule has 7 heteroatoms. The van der Waals surface area contributed by atoms with Crippen LogP contribution in [0.25, 0.3) is 11.3 Å². The minimum absolute atomic E-state index is 0.0194. The first-order valence-electron chi connectivity index (χ1n) is 10.5. The highest BCUT2D eigenvalue weighted by Crippen LogP contribution is 2.29. The molecule has 162 valence electrons. The Morgan fingerprint density at radius 3 is 2.61 bits per heavy atom. The van der Waals surface area contributed by atoms with Crippen LogP contribution in [-0.2, 0) is 0 Å². The first-order valence-corrected chi connectivity index (χ1v) is 10.9. The smallest absolute Gasteiger partial charge is 0.273 e. The summed E-state index contributed by atoms with van der Waals surface area (Å²) in [6.07, 6.45) is 3.55. The number of likely N-dealkylation sites (tertiary alicyclic amines) is 1. The number of nitrogens with zero attached hydrogens (tertiary/aromatic N) is 2. The van der Waals surface area contributed by atoms with E-state index in [0.29, 0.717) is 12.3 Å². The van der Waals surface area contributed by atoms with Crippen LogP contribution in [0.3, 0.4) is 0 Å². The first kappa shape index (κ1) is 21.4. The van der Waals surface area contributed by atoms with Crippen LogP contribution in [0.4, 0.5) is 0 Å². The molecule has 1 amide bonds. The third-order valence-electron chi connectivity index (χ3n) is 5.67. The second-order valence-electron chi connectivity index (χ2n) is 7.65. The van der Waals surface area contributed by atoms with Crippen LogP contribution in [0.15, 0.2) is 59.1 Å². The van der Waals surface area contributed by atoms with Crippen molar-refractivity contribution in [3.05, 3.63) is 70.9 Å². The molecule has 3 aromatic rings. The lowest BCUT2D eigenvalue weighted by molar-refractivity contribution is 0.0915. The molecular formula is C24H26ClN3O3. The highest BCUT2D eigenvalue weighted by atomic mass is 35.5. The average molecular weight is 440 g/mol. The van der Waals surface area contributed by atoms with E-state index < -0.39 is 0 Å². The summed E-state index contributed by atoms with van der Waals surface area (Å²) >= 11 is 6.49. The number of rotatable bonds is 7. The van der Waals surface area contributed by atoms with Gasteiger partial charge >= 0.3 is 0 Å². The van der Waals surface area contributed by atoms with E-state index in [2.05, 4.69) is 15.4 Å². The van der Waals surface area contributed by atoms with Gasteiger partial charge in [-0.3, -0.25) is 9.69 Å². The van der Waals surface area contributed by atoms with Gasteiger partial charge in [-0.25, -0.2) is 0 Å². The normalized spacial score (nSPS) is 15.4. The SMILES string of the molecule is COc1ccc(-c2cc(C(=O)NC[C@@H](c3ccccc3Cl)N3CCCCC3)no2)cc1. The van der Waals surface area contributed by atoms with Crippen molar-refractivity contribution in [2.24, 2.45) is 0 Å². The van der Waals surface area contributed by atoms with Crippen molar-refractivity contribution in [2.45, 2.75) is 25.3 Å². The average Bonchev–Trinajstić information content (AvgIpc) is 3.31. The molecule has 4 rings (SSSR count). The number of ether oxygens (including phenoxy) is 1. The van der Waals surface area contributed by atoms with Crippen molar-refractivity contribution >= 4 is 17.5 Å². The molecule has 6 nitrogen and oxygen atoms in total. The second-order valence-corrected chi connectivity index (χ2v) is 8.06. The number of halogens is 1. The summed E-state index contributed by atoms with van der Waals surface area (Å²) in [6.45, 7) is 2.45. The Balaban J connectivity index is 1.46. The van der Waals surface area contributed by atoms with E-state index in [1.165, 1.54) is 6.42 Å². The Bertz CT molecular complexity index is 1010. The van der Waals surface area contributed by atoms with Gasteiger partial charge < -0.3 is 14.6 Å². The summed E-state index contributed by atoms with van der Waals surface area (Å²) in [4.78, 5) is 15.2. The van der Waals surface area contributed by atoms with Gasteiger partial charge in [0.15, 0.2) is 11.5 Å². The number of methoxy groups -OCH3 is 1. The molecule has 1 aliphatic heterocycles. The van der Waals surface area contributed by atoms with Crippen LogP contribution in [0.5, 0.6) is 5.75 Å². The number of carbonyl (C=O) groups excluding carboxylic acids is 1. The van der Waals surface area contributed by atoms with Crippen LogP contribution in [0.2, 0.25) is 5.02 Å². The Hall–Kier alpha value is -2.83. The molecular weight excluding hydrogens is 414 g/mol. The van der Waals surface area contributed by atoms with Gasteiger partial charge in [-0.05, 0) is 61.8 Å². The summed E-state index contributed by atoms with van der Waals surface area (Å²) in [5, 5.41) is 7.70. The Kier molecular flexibility index (Phi) is 6.89. The van der Waals surface area contributed by atoms with Gasteiger partial charge in [-0.1, -0.05) is 41.4 Å². The molecule has 31 heavy (non-hydrogen) atoms. The topological polar surface area (TPSA) is 67.6 Å². The standard InChI is InChI=1S/C24H26ClN3O3/c1-30-18-11-9-17(10-12-18)23-15-21(27-31-23)24(29)26-16-22(28-13-5-2-6-14-28)19-7-3-4-8-20(19)25/h3-4,7-12,15,22H,2,5-6,13-14,16H2,1H3,(H,26,29)/t22-/m0/s1. The van der Waals surface area contributed by atoms with Crippen molar-refractivity contribution in [3.63, 3.8) is 0 Å². The molecule has 1 atom stereocenters. The van der Waals surface area contributed by atoms with Crippen LogP contribution in [0, 0.1) is 0 Å². The summed E-state index contributed by atoms with van der Waals surface area (Å²) in [5.41, 5.74) is 2.11. The molecule has 1 aliphatic rings. The van der Waals surface area contributed by atoms with E-state index in [9.17, 15) is 4.79 Å². The molecule has 1 N–H and O–H groups in total. The van der Waals surface area contributed by atoms with Crippen molar-refractivity contribution < 1.29 is 14.1 Å². The third-order valence-corrected chi connectivity index (χ3v) is 6.01. The van der Waals surface area contributed by atoms with E-state index in [1.807, 2.05) is 48.5 Å². The molecule has 0 aliphatic carbocycles. The minimum atomic E-state index is -0.266. The van der Waals surface area contributed by atoms with Crippen LogP contribution in [0.1, 0.15) is 41.4 Å². The molecule has 0 saturated carbocycles. The predicted molar refractivity (Wildman–Crippen MR) is 120 cm³/mol. The van der Waals surface area contributed by atoms with Gasteiger partial charge in [0.25, 0.3) is 5.91 Å². The largest absolute Gasteiger partial charge is 0.497 e. The van der Waals surface area contributed by atoms with Crippen LogP contribution in [-0.4, -0.2) is 42.7 Å². The van der Waals surface area contributed by atoms with Crippen molar-refractivity contribution in [1.82, 2.24) is 15.4 Å². The molecule has 1 saturated heterocycles. The quantitative estimate of drug-likeness (QED) is 0.563. The van der Waals surface area contributed by atoms with Gasteiger partial charge in [0.1, 0.15) is 5.75 Å². The lowest BCUT2D eigenvalue weighted by atomic mass is 10.0. The van der Waals surface area contributed by atoms with Gasteiger partial charge in [-0.2, -0.15) is 0 Å². The Morgan fingerprint density at radius 1 is 1.16 bits per heavy atom.